The Morgan fingerprint density at radius 3 is 1.73 bits per heavy atom. The molecule has 0 unspecified atom stereocenters. The van der Waals surface area contributed by atoms with Crippen LogP contribution < -0.4 is 0 Å². The van der Waals surface area contributed by atoms with Crippen molar-refractivity contribution in [2.75, 3.05) is 0 Å². The van der Waals surface area contributed by atoms with E-state index in [4.69, 9.17) is 4.98 Å². The lowest BCUT2D eigenvalue weighted by Crippen LogP contribution is -2.00. The standard InChI is InChI=1S/C53H38N2/c1-2-51-54-49-29-13-14-30-50(49)55(51)42-24-16-22-39(34-42)38-21-15-23-41(33-38)52-45-27-11-12-28-46(45)53(44-26-10-9-25-43(44)37-19-7-4-8-20-37)48-35-40(31-32-47(48)52)36-17-5-3-6-18-36/h3-35H,2H2,1H3. The molecule has 55 heavy (non-hydrogen) atoms. The Labute approximate surface area is 321 Å². The molecular weight excluding hydrogens is 665 g/mol. The van der Waals surface area contributed by atoms with E-state index in [1.165, 1.54) is 77.2 Å². The zero-order chi connectivity index (χ0) is 36.7. The zero-order valence-corrected chi connectivity index (χ0v) is 30.7. The predicted octanol–water partition coefficient (Wildman–Crippen LogP) is 14.2. The quantitative estimate of drug-likeness (QED) is 0.151. The summed E-state index contributed by atoms with van der Waals surface area (Å²) < 4.78 is 2.31. The Kier molecular flexibility index (Phi) is 8.15. The molecule has 0 amide bonds. The fourth-order valence-electron chi connectivity index (χ4n) is 8.44. The molecule has 9 aromatic carbocycles. The molecule has 0 aliphatic carbocycles. The summed E-state index contributed by atoms with van der Waals surface area (Å²) in [6.45, 7) is 2.17. The lowest BCUT2D eigenvalue weighted by molar-refractivity contribution is 0.908. The van der Waals surface area contributed by atoms with Crippen LogP contribution in [0, 0.1) is 0 Å². The maximum atomic E-state index is 4.96. The maximum absolute atomic E-state index is 4.96. The van der Waals surface area contributed by atoms with Crippen molar-refractivity contribution in [3.05, 3.63) is 206 Å². The summed E-state index contributed by atoms with van der Waals surface area (Å²) in [7, 11) is 0. The van der Waals surface area contributed by atoms with Gasteiger partial charge in [-0.1, -0.05) is 171 Å². The van der Waals surface area contributed by atoms with E-state index in [2.05, 4.69) is 212 Å². The molecular formula is C53H38N2. The molecule has 10 rings (SSSR count). The van der Waals surface area contributed by atoms with Gasteiger partial charge in [0.15, 0.2) is 0 Å². The molecule has 2 heteroatoms. The molecule has 0 aliphatic rings. The van der Waals surface area contributed by atoms with Gasteiger partial charge in [0.05, 0.1) is 11.0 Å². The molecule has 0 fully saturated rings. The number of rotatable bonds is 7. The van der Waals surface area contributed by atoms with E-state index in [-0.39, 0.29) is 0 Å². The molecule has 2 nitrogen and oxygen atoms in total. The normalized spacial score (nSPS) is 11.4. The largest absolute Gasteiger partial charge is 0.296 e. The van der Waals surface area contributed by atoms with E-state index in [0.717, 1.165) is 29.0 Å². The van der Waals surface area contributed by atoms with Gasteiger partial charge in [0, 0.05) is 12.1 Å². The van der Waals surface area contributed by atoms with Crippen LogP contribution in [0.4, 0.5) is 0 Å². The van der Waals surface area contributed by atoms with Gasteiger partial charge >= 0.3 is 0 Å². The molecule has 0 spiro atoms. The summed E-state index contributed by atoms with van der Waals surface area (Å²) in [4.78, 5) is 4.96. The second kappa shape index (κ2) is 13.7. The van der Waals surface area contributed by atoms with Crippen LogP contribution in [0.1, 0.15) is 12.7 Å². The molecule has 0 N–H and O–H groups in total. The lowest BCUT2D eigenvalue weighted by Gasteiger charge is -2.21. The molecule has 0 radical (unpaired) electrons. The fraction of sp³-hybridized carbons (Fsp3) is 0.0377. The Bertz CT molecular complexity index is 3010. The van der Waals surface area contributed by atoms with E-state index in [9.17, 15) is 0 Å². The van der Waals surface area contributed by atoms with Crippen LogP contribution in [0.15, 0.2) is 200 Å². The average molecular weight is 703 g/mol. The minimum atomic E-state index is 0.854. The molecule has 10 aromatic rings. The third-order valence-electron chi connectivity index (χ3n) is 10.9. The highest BCUT2D eigenvalue weighted by atomic mass is 15.1. The van der Waals surface area contributed by atoms with Crippen LogP contribution in [0.25, 0.3) is 93.9 Å². The summed E-state index contributed by atoms with van der Waals surface area (Å²) in [5.41, 5.74) is 15.4. The van der Waals surface area contributed by atoms with Gasteiger partial charge in [-0.2, -0.15) is 0 Å². The molecule has 0 bridgehead atoms. The van der Waals surface area contributed by atoms with Crippen LogP contribution in [0.2, 0.25) is 0 Å². The maximum Gasteiger partial charge on any atom is 0.114 e. The van der Waals surface area contributed by atoms with Gasteiger partial charge < -0.3 is 0 Å². The van der Waals surface area contributed by atoms with Gasteiger partial charge in [-0.25, -0.2) is 4.98 Å². The number of imidazole rings is 1. The first-order valence-electron chi connectivity index (χ1n) is 19.1. The number of fused-ring (bicyclic) bond motifs is 3. The van der Waals surface area contributed by atoms with Crippen LogP contribution in [0.3, 0.4) is 0 Å². The molecule has 0 saturated carbocycles. The number of aromatic nitrogens is 2. The Morgan fingerprint density at radius 2 is 0.945 bits per heavy atom. The third kappa shape index (κ3) is 5.71. The van der Waals surface area contributed by atoms with E-state index in [1.54, 1.807) is 0 Å². The minimum absolute atomic E-state index is 0.854. The molecule has 0 aliphatic heterocycles. The van der Waals surface area contributed by atoms with Crippen LogP contribution in [0.5, 0.6) is 0 Å². The topological polar surface area (TPSA) is 17.8 Å². The van der Waals surface area contributed by atoms with Crippen LogP contribution >= 0.6 is 0 Å². The van der Waals surface area contributed by atoms with Crippen molar-refractivity contribution in [2.24, 2.45) is 0 Å². The van der Waals surface area contributed by atoms with E-state index in [0.29, 0.717) is 0 Å². The van der Waals surface area contributed by atoms with E-state index < -0.39 is 0 Å². The Balaban J connectivity index is 1.21. The van der Waals surface area contributed by atoms with Crippen molar-refractivity contribution in [1.82, 2.24) is 9.55 Å². The molecule has 0 atom stereocenters. The van der Waals surface area contributed by atoms with Gasteiger partial charge in [-0.3, -0.25) is 4.57 Å². The number of nitrogens with zero attached hydrogens (tertiary/aromatic N) is 2. The minimum Gasteiger partial charge on any atom is -0.296 e. The molecule has 0 saturated heterocycles. The number of hydrogen-bond donors (Lipinski definition) is 0. The highest BCUT2D eigenvalue weighted by molar-refractivity contribution is 6.23. The number of aryl methyl sites for hydroxylation is 1. The van der Waals surface area contributed by atoms with Crippen molar-refractivity contribution in [2.45, 2.75) is 13.3 Å². The zero-order valence-electron chi connectivity index (χ0n) is 30.7. The van der Waals surface area contributed by atoms with Crippen molar-refractivity contribution in [3.8, 4) is 61.3 Å². The van der Waals surface area contributed by atoms with Crippen molar-refractivity contribution in [3.63, 3.8) is 0 Å². The monoisotopic (exact) mass is 702 g/mol. The first-order valence-corrected chi connectivity index (χ1v) is 19.1. The average Bonchev–Trinajstić information content (AvgIpc) is 3.65. The number of benzene rings is 9. The van der Waals surface area contributed by atoms with Gasteiger partial charge in [-0.05, 0) is 114 Å². The lowest BCUT2D eigenvalue weighted by atomic mass is 9.82. The third-order valence-corrected chi connectivity index (χ3v) is 10.9. The molecule has 1 heterocycles. The van der Waals surface area contributed by atoms with E-state index in [1.807, 2.05) is 0 Å². The first kappa shape index (κ1) is 32.6. The van der Waals surface area contributed by atoms with Crippen molar-refractivity contribution in [1.29, 1.82) is 0 Å². The van der Waals surface area contributed by atoms with Crippen LogP contribution in [-0.4, -0.2) is 9.55 Å². The summed E-state index contributed by atoms with van der Waals surface area (Å²) >= 11 is 0. The fourth-order valence-corrected chi connectivity index (χ4v) is 8.44. The van der Waals surface area contributed by atoms with Gasteiger partial charge in [0.2, 0.25) is 0 Å². The summed E-state index contributed by atoms with van der Waals surface area (Å²) in [6, 6.07) is 72.8. The number of hydrogen-bond acceptors (Lipinski definition) is 1. The first-order chi connectivity index (χ1) is 27.2. The van der Waals surface area contributed by atoms with E-state index >= 15 is 0 Å². The van der Waals surface area contributed by atoms with Crippen molar-refractivity contribution < 1.29 is 0 Å². The number of para-hydroxylation sites is 2. The summed E-state index contributed by atoms with van der Waals surface area (Å²) in [6.07, 6.45) is 0.854. The highest BCUT2D eigenvalue weighted by Gasteiger charge is 2.20. The summed E-state index contributed by atoms with van der Waals surface area (Å²) in [5, 5.41) is 4.96. The predicted molar refractivity (Wildman–Crippen MR) is 233 cm³/mol. The van der Waals surface area contributed by atoms with Gasteiger partial charge in [0.1, 0.15) is 5.82 Å². The SMILES string of the molecule is CCc1nc2ccccc2n1-c1cccc(-c2cccc(-c3c4ccccc4c(-c4ccccc4-c4ccccc4)c4cc(-c5ccccc5)ccc34)c2)c1. The highest BCUT2D eigenvalue weighted by Crippen LogP contribution is 2.47. The summed E-state index contributed by atoms with van der Waals surface area (Å²) in [5.74, 6) is 1.06. The molecule has 1 aromatic heterocycles. The second-order valence-corrected chi connectivity index (χ2v) is 14.2. The molecule has 260 valence electrons. The van der Waals surface area contributed by atoms with Crippen LogP contribution in [-0.2, 0) is 6.42 Å². The second-order valence-electron chi connectivity index (χ2n) is 14.2. The smallest absolute Gasteiger partial charge is 0.114 e. The van der Waals surface area contributed by atoms with Gasteiger partial charge in [0.25, 0.3) is 0 Å². The Hall–Kier alpha value is -7.03. The van der Waals surface area contributed by atoms with Crippen molar-refractivity contribution >= 4 is 32.6 Å². The Morgan fingerprint density at radius 1 is 0.382 bits per heavy atom. The van der Waals surface area contributed by atoms with Gasteiger partial charge in [-0.15, -0.1) is 0 Å².